The van der Waals surface area contributed by atoms with Crippen molar-refractivity contribution in [2.45, 2.75) is 73.5 Å². The Balaban J connectivity index is 2.68. The van der Waals surface area contributed by atoms with Crippen molar-refractivity contribution in [3.63, 3.8) is 0 Å². The number of allylic oxidation sites excluding steroid dienone is 9. The first kappa shape index (κ1) is 21.7. The second kappa shape index (κ2) is 10.6. The Bertz CT molecular complexity index is 571. The third kappa shape index (κ3) is 8.02. The van der Waals surface area contributed by atoms with Crippen LogP contribution in [0.15, 0.2) is 58.7 Å². The summed E-state index contributed by atoms with van der Waals surface area (Å²) in [6.45, 7) is 13.6. The van der Waals surface area contributed by atoms with Gasteiger partial charge in [0, 0.05) is 6.61 Å². The molecule has 0 radical (unpaired) electrons. The van der Waals surface area contributed by atoms with Crippen molar-refractivity contribution in [2.24, 2.45) is 5.41 Å². The number of hydrogen-bond acceptors (Lipinski definition) is 2. The summed E-state index contributed by atoms with van der Waals surface area (Å²) in [6.07, 6.45) is 16.2. The van der Waals surface area contributed by atoms with E-state index in [4.69, 9.17) is 4.74 Å². The van der Waals surface area contributed by atoms with E-state index in [0.717, 1.165) is 12.0 Å². The minimum atomic E-state index is -0.821. The quantitative estimate of drug-likeness (QED) is 0.416. The second-order valence-electron chi connectivity index (χ2n) is 7.71. The molecule has 1 rings (SSSR count). The predicted octanol–water partition coefficient (Wildman–Crippen LogP) is 6.26. The van der Waals surface area contributed by atoms with Crippen LogP contribution >= 0.6 is 0 Å². The van der Waals surface area contributed by atoms with E-state index in [1.54, 1.807) is 6.08 Å². The molecule has 0 aromatic carbocycles. The van der Waals surface area contributed by atoms with Gasteiger partial charge in [-0.25, -0.2) is 0 Å². The molecule has 0 saturated carbocycles. The zero-order valence-corrected chi connectivity index (χ0v) is 16.9. The van der Waals surface area contributed by atoms with E-state index in [1.165, 1.54) is 36.0 Å². The first-order valence-corrected chi connectivity index (χ1v) is 9.47. The van der Waals surface area contributed by atoms with Crippen molar-refractivity contribution < 1.29 is 9.84 Å². The van der Waals surface area contributed by atoms with Gasteiger partial charge in [-0.2, -0.15) is 0 Å². The molecular formula is C23H36O2. The zero-order valence-electron chi connectivity index (χ0n) is 16.9. The molecule has 0 heterocycles. The molecule has 0 spiro atoms. The number of hydrogen-bond donors (Lipinski definition) is 1. The van der Waals surface area contributed by atoms with Gasteiger partial charge < -0.3 is 9.84 Å². The molecule has 0 aromatic heterocycles. The summed E-state index contributed by atoms with van der Waals surface area (Å²) < 4.78 is 5.24. The van der Waals surface area contributed by atoms with Gasteiger partial charge in [0.2, 0.25) is 0 Å². The molecule has 0 saturated heterocycles. The number of rotatable bonds is 8. The normalized spacial score (nSPS) is 20.8. The third-order valence-corrected chi connectivity index (χ3v) is 4.67. The van der Waals surface area contributed by atoms with Gasteiger partial charge in [0.25, 0.3) is 0 Å². The maximum absolute atomic E-state index is 9.70. The van der Waals surface area contributed by atoms with Crippen LogP contribution in [0.4, 0.5) is 0 Å². The lowest BCUT2D eigenvalue weighted by Crippen LogP contribution is -2.19. The molecule has 2 nitrogen and oxygen atoms in total. The van der Waals surface area contributed by atoms with Crippen molar-refractivity contribution >= 4 is 0 Å². The van der Waals surface area contributed by atoms with Gasteiger partial charge >= 0.3 is 0 Å². The lowest BCUT2D eigenvalue weighted by molar-refractivity contribution is -0.0640. The van der Waals surface area contributed by atoms with Gasteiger partial charge in [-0.05, 0) is 63.5 Å². The zero-order chi connectivity index (χ0) is 18.9. The monoisotopic (exact) mass is 344 g/mol. The van der Waals surface area contributed by atoms with Gasteiger partial charge in [-0.15, -0.1) is 0 Å². The average molecular weight is 345 g/mol. The molecule has 0 fully saturated rings. The van der Waals surface area contributed by atoms with Crippen LogP contribution in [0.2, 0.25) is 0 Å². The van der Waals surface area contributed by atoms with Crippen LogP contribution in [0.5, 0.6) is 0 Å². The maximum atomic E-state index is 9.70. The van der Waals surface area contributed by atoms with Crippen LogP contribution in [0, 0.1) is 5.41 Å². The molecule has 0 amide bonds. The molecule has 0 bridgehead atoms. The first-order chi connectivity index (χ1) is 11.8. The van der Waals surface area contributed by atoms with Crippen LogP contribution in [-0.4, -0.2) is 18.0 Å². The summed E-state index contributed by atoms with van der Waals surface area (Å²) in [5, 5.41) is 9.70. The highest BCUT2D eigenvalue weighted by Gasteiger charge is 2.26. The van der Waals surface area contributed by atoms with E-state index < -0.39 is 6.29 Å². The molecule has 0 aliphatic heterocycles. The summed E-state index contributed by atoms with van der Waals surface area (Å²) in [5.74, 6) is 0. The predicted molar refractivity (Wildman–Crippen MR) is 108 cm³/mol. The Hall–Kier alpha value is -1.38. The van der Waals surface area contributed by atoms with E-state index in [0.29, 0.717) is 6.61 Å². The van der Waals surface area contributed by atoms with Crippen LogP contribution < -0.4 is 0 Å². The van der Waals surface area contributed by atoms with E-state index in [9.17, 15) is 5.11 Å². The van der Waals surface area contributed by atoms with Gasteiger partial charge in [-0.1, -0.05) is 67.9 Å². The Kier molecular flexibility index (Phi) is 9.16. The summed E-state index contributed by atoms with van der Waals surface area (Å²) >= 11 is 0. The van der Waals surface area contributed by atoms with Crippen molar-refractivity contribution in [3.05, 3.63) is 58.7 Å². The van der Waals surface area contributed by atoms with E-state index in [-0.39, 0.29) is 5.41 Å². The highest BCUT2D eigenvalue weighted by atomic mass is 16.6. The van der Waals surface area contributed by atoms with Crippen molar-refractivity contribution in [3.8, 4) is 0 Å². The number of aliphatic hydroxyl groups is 1. The van der Waals surface area contributed by atoms with Crippen LogP contribution in [0.25, 0.3) is 0 Å². The van der Waals surface area contributed by atoms with Crippen molar-refractivity contribution in [2.75, 3.05) is 6.61 Å². The fourth-order valence-corrected chi connectivity index (χ4v) is 3.20. The Morgan fingerprint density at radius 3 is 2.60 bits per heavy atom. The number of ether oxygens (including phenoxy) is 1. The lowest BCUT2D eigenvalue weighted by Gasteiger charge is -2.32. The van der Waals surface area contributed by atoms with Gasteiger partial charge in [-0.3, -0.25) is 0 Å². The van der Waals surface area contributed by atoms with Crippen LogP contribution in [0.3, 0.4) is 0 Å². The van der Waals surface area contributed by atoms with Gasteiger partial charge in [0.15, 0.2) is 6.29 Å². The highest BCUT2D eigenvalue weighted by molar-refractivity contribution is 5.37. The fourth-order valence-electron chi connectivity index (χ4n) is 3.20. The summed E-state index contributed by atoms with van der Waals surface area (Å²) in [5.41, 5.74) is 5.50. The largest absolute Gasteiger partial charge is 0.365 e. The topological polar surface area (TPSA) is 29.5 Å². The Labute approximate surface area is 154 Å². The molecule has 2 heteroatoms. The Morgan fingerprint density at radius 1 is 1.24 bits per heavy atom. The molecule has 1 unspecified atom stereocenters. The summed E-state index contributed by atoms with van der Waals surface area (Å²) in [4.78, 5) is 0. The smallest absolute Gasteiger partial charge is 0.174 e. The van der Waals surface area contributed by atoms with E-state index in [1.807, 2.05) is 26.0 Å². The van der Waals surface area contributed by atoms with Crippen molar-refractivity contribution in [1.29, 1.82) is 0 Å². The third-order valence-electron chi connectivity index (χ3n) is 4.67. The van der Waals surface area contributed by atoms with Crippen LogP contribution in [-0.2, 0) is 4.74 Å². The molecule has 140 valence electrons. The summed E-state index contributed by atoms with van der Waals surface area (Å²) in [7, 11) is 0. The van der Waals surface area contributed by atoms with E-state index in [2.05, 4.69) is 45.9 Å². The van der Waals surface area contributed by atoms with Gasteiger partial charge in [0.1, 0.15) is 0 Å². The van der Waals surface area contributed by atoms with Gasteiger partial charge in [0.05, 0.1) is 0 Å². The molecule has 1 N–H and O–H groups in total. The first-order valence-electron chi connectivity index (χ1n) is 9.47. The summed E-state index contributed by atoms with van der Waals surface area (Å²) in [6, 6.07) is 0. The minimum Gasteiger partial charge on any atom is -0.365 e. The molecule has 1 atom stereocenters. The standard InChI is InChI=1S/C23H36O2/c1-7-16-25-22(24)17-19(3)11-8-10-18(2)13-14-21-20(4)12-9-15-23(21,5)6/h8,10-11,13-14,17,22,24H,7,9,12,15-16H2,1-6H3/b11-8+,14-13-,18-10-,19-17-. The number of aliphatic hydroxyl groups excluding tert-OH is 1. The minimum absolute atomic E-state index is 0.281. The molecular weight excluding hydrogens is 308 g/mol. The molecule has 1 aliphatic carbocycles. The molecule has 1 aliphatic rings. The lowest BCUT2D eigenvalue weighted by atomic mass is 9.72. The molecule has 0 aromatic rings. The maximum Gasteiger partial charge on any atom is 0.174 e. The van der Waals surface area contributed by atoms with Crippen molar-refractivity contribution in [1.82, 2.24) is 0 Å². The average Bonchev–Trinajstić information content (AvgIpc) is 2.51. The van der Waals surface area contributed by atoms with Crippen LogP contribution in [0.1, 0.15) is 67.2 Å². The SMILES string of the molecule is CCCOC(O)\C=C(C)/C=C/C=C(C)\C=C/C1=C(C)CCCC1(C)C. The fraction of sp³-hybridized carbons (Fsp3) is 0.565. The van der Waals surface area contributed by atoms with E-state index >= 15 is 0 Å². The Morgan fingerprint density at radius 2 is 1.96 bits per heavy atom. The highest BCUT2D eigenvalue weighted by Crippen LogP contribution is 2.40. The molecule has 25 heavy (non-hydrogen) atoms. The second-order valence-corrected chi connectivity index (χ2v) is 7.71.